The molecular weight excluding hydrogens is 306 g/mol. The van der Waals surface area contributed by atoms with Gasteiger partial charge in [-0.25, -0.2) is 0 Å². The second kappa shape index (κ2) is 6.46. The van der Waals surface area contributed by atoms with Gasteiger partial charge in [0.15, 0.2) is 0 Å². The minimum Gasteiger partial charge on any atom is -0.381 e. The average Bonchev–Trinajstić information content (AvgIpc) is 3.06. The topological polar surface area (TPSA) is 38.3 Å². The van der Waals surface area contributed by atoms with Gasteiger partial charge in [0.1, 0.15) is 0 Å². The zero-order chi connectivity index (χ0) is 16.4. The van der Waals surface area contributed by atoms with Crippen molar-refractivity contribution in [1.29, 1.82) is 0 Å². The van der Waals surface area contributed by atoms with E-state index in [2.05, 4.69) is 44.3 Å². The van der Waals surface area contributed by atoms with E-state index >= 15 is 0 Å². The normalized spacial score (nSPS) is 17.0. The largest absolute Gasteiger partial charge is 0.381 e. The number of ether oxygens (including phenoxy) is 1. The molecule has 1 amide bonds. The Morgan fingerprint density at radius 2 is 1.83 bits per heavy atom. The van der Waals surface area contributed by atoms with Crippen molar-refractivity contribution in [3.8, 4) is 0 Å². The van der Waals surface area contributed by atoms with E-state index in [-0.39, 0.29) is 5.91 Å². The molecule has 1 aromatic heterocycles. The molecule has 3 nitrogen and oxygen atoms in total. The van der Waals surface area contributed by atoms with Crippen molar-refractivity contribution in [2.75, 3.05) is 18.5 Å². The monoisotopic (exact) mass is 329 g/mol. The number of anilines is 1. The van der Waals surface area contributed by atoms with Crippen LogP contribution >= 0.6 is 11.3 Å². The fourth-order valence-corrected chi connectivity index (χ4v) is 4.45. The van der Waals surface area contributed by atoms with E-state index in [4.69, 9.17) is 4.74 Å². The summed E-state index contributed by atoms with van der Waals surface area (Å²) < 4.78 is 5.51. The Labute approximate surface area is 141 Å². The Hall–Kier alpha value is -1.65. The molecule has 0 bridgehead atoms. The molecule has 0 radical (unpaired) electrons. The molecule has 23 heavy (non-hydrogen) atoms. The third-order valence-electron chi connectivity index (χ3n) is 4.69. The average molecular weight is 329 g/mol. The minimum absolute atomic E-state index is 0.0957. The molecular formula is C19H23NO2S. The summed E-state index contributed by atoms with van der Waals surface area (Å²) in [6, 6.07) is 8.33. The van der Waals surface area contributed by atoms with E-state index in [1.165, 1.54) is 5.56 Å². The predicted molar refractivity (Wildman–Crippen MR) is 95.3 cm³/mol. The van der Waals surface area contributed by atoms with E-state index < -0.39 is 5.41 Å². The number of benzene rings is 1. The second-order valence-electron chi connectivity index (χ2n) is 6.40. The lowest BCUT2D eigenvalue weighted by Gasteiger charge is -2.35. The molecule has 0 aliphatic carbocycles. The van der Waals surface area contributed by atoms with Gasteiger partial charge in [-0.2, -0.15) is 0 Å². The van der Waals surface area contributed by atoms with Crippen molar-refractivity contribution in [2.45, 2.75) is 39.0 Å². The predicted octanol–water partition coefficient (Wildman–Crippen LogP) is 4.36. The number of amides is 1. The summed E-state index contributed by atoms with van der Waals surface area (Å²) in [5, 5.41) is 5.26. The molecule has 0 saturated carbocycles. The van der Waals surface area contributed by atoms with Gasteiger partial charge in [-0.05, 0) is 56.2 Å². The molecule has 1 aliphatic rings. The highest BCUT2D eigenvalue weighted by atomic mass is 32.1. The van der Waals surface area contributed by atoms with Crippen LogP contribution in [0.4, 0.5) is 5.69 Å². The summed E-state index contributed by atoms with van der Waals surface area (Å²) in [5.41, 5.74) is 3.93. The van der Waals surface area contributed by atoms with Gasteiger partial charge in [0.05, 0.1) is 5.41 Å². The molecule has 2 heterocycles. The van der Waals surface area contributed by atoms with Crippen molar-refractivity contribution in [3.63, 3.8) is 0 Å². The molecule has 0 unspecified atom stereocenters. The molecule has 0 atom stereocenters. The van der Waals surface area contributed by atoms with Crippen LogP contribution < -0.4 is 5.32 Å². The van der Waals surface area contributed by atoms with Gasteiger partial charge in [0, 0.05) is 23.8 Å². The Kier molecular flexibility index (Phi) is 4.55. The zero-order valence-electron chi connectivity index (χ0n) is 13.9. The van der Waals surface area contributed by atoms with Crippen LogP contribution in [0.1, 0.15) is 34.4 Å². The highest BCUT2D eigenvalue weighted by molar-refractivity contribution is 7.10. The first-order valence-electron chi connectivity index (χ1n) is 8.04. The number of carbonyl (C=O) groups is 1. The molecule has 2 aromatic rings. The fraction of sp³-hybridized carbons (Fsp3) is 0.421. The number of carbonyl (C=O) groups excluding carboxylic acids is 1. The van der Waals surface area contributed by atoms with E-state index in [0.29, 0.717) is 13.2 Å². The highest BCUT2D eigenvalue weighted by Gasteiger charge is 2.42. The van der Waals surface area contributed by atoms with Crippen LogP contribution in [0.15, 0.2) is 29.6 Å². The zero-order valence-corrected chi connectivity index (χ0v) is 14.8. The molecule has 1 N–H and O–H groups in total. The number of rotatable bonds is 3. The van der Waals surface area contributed by atoms with Gasteiger partial charge in [-0.15, -0.1) is 11.3 Å². The lowest BCUT2D eigenvalue weighted by Crippen LogP contribution is -2.44. The summed E-state index contributed by atoms with van der Waals surface area (Å²) in [4.78, 5) is 14.4. The van der Waals surface area contributed by atoms with Crippen molar-refractivity contribution < 1.29 is 9.53 Å². The van der Waals surface area contributed by atoms with Crippen molar-refractivity contribution in [1.82, 2.24) is 0 Å². The van der Waals surface area contributed by atoms with Crippen molar-refractivity contribution >= 4 is 22.9 Å². The lowest BCUT2D eigenvalue weighted by molar-refractivity contribution is -0.125. The summed E-state index contributed by atoms with van der Waals surface area (Å²) in [7, 11) is 0. The van der Waals surface area contributed by atoms with Crippen LogP contribution in [0.3, 0.4) is 0 Å². The third kappa shape index (κ3) is 3.06. The van der Waals surface area contributed by atoms with E-state index in [1.807, 2.05) is 11.4 Å². The second-order valence-corrected chi connectivity index (χ2v) is 7.35. The SMILES string of the molecule is Cc1cc(C)c(NC(=O)C2(c3cccs3)CCOCC2)c(C)c1. The molecule has 122 valence electrons. The molecule has 1 aromatic carbocycles. The van der Waals surface area contributed by atoms with Crippen LogP contribution in [-0.4, -0.2) is 19.1 Å². The summed E-state index contributed by atoms with van der Waals surface area (Å²) >= 11 is 1.66. The van der Waals surface area contributed by atoms with E-state index in [9.17, 15) is 4.79 Å². The van der Waals surface area contributed by atoms with Crippen LogP contribution in [0.5, 0.6) is 0 Å². The van der Waals surface area contributed by atoms with Crippen molar-refractivity contribution in [3.05, 3.63) is 51.2 Å². The van der Waals surface area contributed by atoms with Crippen LogP contribution in [0.25, 0.3) is 0 Å². The maximum atomic E-state index is 13.2. The number of thiophene rings is 1. The Bertz CT molecular complexity index is 677. The summed E-state index contributed by atoms with van der Waals surface area (Å²) in [6.07, 6.45) is 1.48. The highest BCUT2D eigenvalue weighted by Crippen LogP contribution is 2.39. The number of nitrogens with one attached hydrogen (secondary N) is 1. The van der Waals surface area contributed by atoms with Gasteiger partial charge in [0.25, 0.3) is 0 Å². The number of hydrogen-bond donors (Lipinski definition) is 1. The van der Waals surface area contributed by atoms with E-state index in [1.54, 1.807) is 11.3 Å². The maximum Gasteiger partial charge on any atom is 0.236 e. The Morgan fingerprint density at radius 1 is 1.17 bits per heavy atom. The van der Waals surface area contributed by atoms with Gasteiger partial charge in [-0.1, -0.05) is 23.8 Å². The first-order valence-corrected chi connectivity index (χ1v) is 8.92. The number of hydrogen-bond acceptors (Lipinski definition) is 3. The first-order chi connectivity index (χ1) is 11.0. The summed E-state index contributed by atoms with van der Waals surface area (Å²) in [6.45, 7) is 7.46. The molecule has 1 fully saturated rings. The van der Waals surface area contributed by atoms with Gasteiger partial charge >= 0.3 is 0 Å². The molecule has 3 rings (SSSR count). The smallest absolute Gasteiger partial charge is 0.236 e. The number of aryl methyl sites for hydroxylation is 3. The minimum atomic E-state index is -0.462. The summed E-state index contributed by atoms with van der Waals surface area (Å²) in [5.74, 6) is 0.0957. The molecule has 1 saturated heterocycles. The van der Waals surface area contributed by atoms with E-state index in [0.717, 1.165) is 34.5 Å². The quantitative estimate of drug-likeness (QED) is 0.908. The Balaban J connectivity index is 1.94. The Morgan fingerprint density at radius 3 is 2.39 bits per heavy atom. The van der Waals surface area contributed by atoms with Crippen LogP contribution in [-0.2, 0) is 14.9 Å². The lowest BCUT2D eigenvalue weighted by atomic mass is 9.77. The van der Waals surface area contributed by atoms with Gasteiger partial charge < -0.3 is 10.1 Å². The third-order valence-corrected chi connectivity index (χ3v) is 5.76. The molecule has 4 heteroatoms. The first kappa shape index (κ1) is 16.2. The van der Waals surface area contributed by atoms with Crippen LogP contribution in [0, 0.1) is 20.8 Å². The molecule has 1 aliphatic heterocycles. The van der Waals surface area contributed by atoms with Gasteiger partial charge in [-0.3, -0.25) is 4.79 Å². The van der Waals surface area contributed by atoms with Gasteiger partial charge in [0.2, 0.25) is 5.91 Å². The standard InChI is InChI=1S/C19H23NO2S/c1-13-11-14(2)17(15(3)12-13)20-18(21)19(6-8-22-9-7-19)16-5-4-10-23-16/h4-5,10-12H,6-9H2,1-3H3,(H,20,21). The van der Waals surface area contributed by atoms with Crippen molar-refractivity contribution in [2.24, 2.45) is 0 Å². The maximum absolute atomic E-state index is 13.2. The van der Waals surface area contributed by atoms with Crippen LogP contribution in [0.2, 0.25) is 0 Å². The molecule has 0 spiro atoms. The fourth-order valence-electron chi connectivity index (χ4n) is 3.47.